The van der Waals surface area contributed by atoms with Gasteiger partial charge in [0.15, 0.2) is 12.4 Å². The summed E-state index contributed by atoms with van der Waals surface area (Å²) in [6.07, 6.45) is -3.61. The van der Waals surface area contributed by atoms with Gasteiger partial charge >= 0.3 is 5.92 Å². The molecule has 0 radical (unpaired) electrons. The zero-order valence-corrected chi connectivity index (χ0v) is 16.6. The molecule has 1 aromatic rings. The van der Waals surface area contributed by atoms with Gasteiger partial charge in [-0.1, -0.05) is 0 Å². The molecular weight excluding hydrogens is 426 g/mol. The fraction of sp³-hybridized carbons (Fsp3) is 0.316. The first-order chi connectivity index (χ1) is 13.9. The zero-order chi connectivity index (χ0) is 22.9. The standard InChI is InChI=1S/C19H17F4N3O3S/c1-10(20)6-12(8-24)7-11(2)29-13-4-5-14(30(3,28)26-9-25)16-15(13)17(21)19(22,23)18(16)27/h4-7,10,17-18,27H,3H2,1-2H3,(H,26,28). The molecule has 0 heterocycles. The summed E-state index contributed by atoms with van der Waals surface area (Å²) in [5, 5.41) is 27.8. The molecule has 2 N–H and O–H groups in total. The number of rotatable bonds is 6. The summed E-state index contributed by atoms with van der Waals surface area (Å²) in [4.78, 5) is -0.468. The van der Waals surface area contributed by atoms with Crippen molar-refractivity contribution in [2.75, 3.05) is 0 Å². The van der Waals surface area contributed by atoms with Gasteiger partial charge in [0.1, 0.15) is 23.8 Å². The van der Waals surface area contributed by atoms with Crippen molar-refractivity contribution in [1.29, 1.82) is 10.5 Å². The number of allylic oxidation sites excluding steroid dienone is 4. The van der Waals surface area contributed by atoms with Crippen molar-refractivity contribution in [2.45, 2.75) is 43.1 Å². The van der Waals surface area contributed by atoms with E-state index in [1.807, 2.05) is 4.72 Å². The van der Waals surface area contributed by atoms with Crippen LogP contribution in [0, 0.1) is 22.8 Å². The lowest BCUT2D eigenvalue weighted by atomic mass is 10.1. The highest BCUT2D eigenvalue weighted by Crippen LogP contribution is 2.57. The Balaban J connectivity index is 2.64. The van der Waals surface area contributed by atoms with Crippen LogP contribution in [0.3, 0.4) is 0 Å². The lowest BCUT2D eigenvalue weighted by Crippen LogP contribution is -2.25. The van der Waals surface area contributed by atoms with Crippen molar-refractivity contribution >= 4 is 15.6 Å². The first kappa shape index (κ1) is 23.3. The first-order valence-corrected chi connectivity index (χ1v) is 10.1. The van der Waals surface area contributed by atoms with Crippen LogP contribution in [0.1, 0.15) is 37.3 Å². The van der Waals surface area contributed by atoms with Gasteiger partial charge in [0, 0.05) is 11.1 Å². The zero-order valence-electron chi connectivity index (χ0n) is 15.8. The second-order valence-electron chi connectivity index (χ2n) is 6.49. The Morgan fingerprint density at radius 1 is 1.43 bits per heavy atom. The molecule has 0 bridgehead atoms. The van der Waals surface area contributed by atoms with Crippen LogP contribution >= 0.6 is 0 Å². The first-order valence-electron chi connectivity index (χ1n) is 8.38. The third-order valence-corrected chi connectivity index (χ3v) is 5.66. The molecule has 0 aliphatic heterocycles. The maximum atomic E-state index is 14.6. The Hall–Kier alpha value is -3.02. The average Bonchev–Trinajstić information content (AvgIpc) is 2.82. The average molecular weight is 443 g/mol. The number of fused-ring (bicyclic) bond motifs is 1. The Kier molecular flexibility index (Phi) is 6.50. The van der Waals surface area contributed by atoms with Crippen LogP contribution in [0.2, 0.25) is 0 Å². The number of nitrogens with one attached hydrogen (secondary N) is 1. The lowest BCUT2D eigenvalue weighted by molar-refractivity contribution is -0.143. The van der Waals surface area contributed by atoms with Crippen molar-refractivity contribution in [2.24, 2.45) is 0 Å². The predicted molar refractivity (Wildman–Crippen MR) is 101 cm³/mol. The highest BCUT2D eigenvalue weighted by molar-refractivity contribution is 7.98. The summed E-state index contributed by atoms with van der Waals surface area (Å²) in [6.45, 7) is 2.52. The molecule has 1 aliphatic carbocycles. The molecule has 1 aromatic carbocycles. The van der Waals surface area contributed by atoms with E-state index in [1.165, 1.54) is 20.0 Å². The van der Waals surface area contributed by atoms with Gasteiger partial charge in [0.05, 0.1) is 26.2 Å². The molecule has 0 saturated heterocycles. The van der Waals surface area contributed by atoms with Gasteiger partial charge in [-0.05, 0) is 44.0 Å². The Morgan fingerprint density at radius 3 is 2.60 bits per heavy atom. The van der Waals surface area contributed by atoms with Crippen LogP contribution < -0.4 is 9.46 Å². The van der Waals surface area contributed by atoms with Gasteiger partial charge in [0.2, 0.25) is 0 Å². The molecule has 4 atom stereocenters. The third kappa shape index (κ3) is 4.27. The number of alkyl halides is 4. The normalized spacial score (nSPS) is 23.5. The largest absolute Gasteiger partial charge is 0.462 e. The van der Waals surface area contributed by atoms with Gasteiger partial charge < -0.3 is 9.84 Å². The van der Waals surface area contributed by atoms with Crippen LogP contribution in [0.25, 0.3) is 0 Å². The number of hydrogen-bond acceptors (Lipinski definition) is 5. The minimum absolute atomic E-state index is 0.0548. The molecule has 0 amide bonds. The summed E-state index contributed by atoms with van der Waals surface area (Å²) in [5.41, 5.74) is -1.57. The van der Waals surface area contributed by atoms with Crippen LogP contribution in [-0.4, -0.2) is 27.3 Å². The fourth-order valence-corrected chi connectivity index (χ4v) is 4.08. The van der Waals surface area contributed by atoms with Crippen LogP contribution in [0.5, 0.6) is 5.75 Å². The molecular formula is C19H17F4N3O3S. The molecule has 0 aromatic heterocycles. The number of nitriles is 2. The van der Waals surface area contributed by atoms with Gasteiger partial charge in [0.25, 0.3) is 0 Å². The summed E-state index contributed by atoms with van der Waals surface area (Å²) in [6, 6.07) is 3.77. The van der Waals surface area contributed by atoms with E-state index < -0.39 is 55.8 Å². The molecule has 160 valence electrons. The molecule has 11 heteroatoms. The SMILES string of the molecule is C=S(=O)(NC#N)c1ccc(OC(C)=CC(C#N)=CC(C)F)c2c1C(O)C(F)(F)C2F. The van der Waals surface area contributed by atoms with Crippen LogP contribution in [-0.2, 0) is 9.71 Å². The lowest BCUT2D eigenvalue weighted by Gasteiger charge is -2.17. The van der Waals surface area contributed by atoms with Crippen molar-refractivity contribution in [3.63, 3.8) is 0 Å². The summed E-state index contributed by atoms with van der Waals surface area (Å²) in [5.74, 6) is -1.47. The predicted octanol–water partition coefficient (Wildman–Crippen LogP) is 3.53. The number of ether oxygens (including phenoxy) is 1. The Morgan fingerprint density at radius 2 is 2.07 bits per heavy atom. The van der Waals surface area contributed by atoms with E-state index in [9.17, 15) is 26.9 Å². The number of aliphatic hydroxyl groups excluding tert-OH is 1. The minimum atomic E-state index is -4.25. The van der Waals surface area contributed by atoms with E-state index in [4.69, 9.17) is 15.3 Å². The maximum absolute atomic E-state index is 14.6. The molecule has 2 rings (SSSR count). The van der Waals surface area contributed by atoms with E-state index in [2.05, 4.69) is 5.87 Å². The highest BCUT2D eigenvalue weighted by atomic mass is 32.2. The van der Waals surface area contributed by atoms with Crippen molar-refractivity contribution in [3.05, 3.63) is 46.7 Å². The number of aliphatic hydroxyl groups is 1. The fourth-order valence-electron chi connectivity index (χ4n) is 2.96. The van der Waals surface area contributed by atoms with Gasteiger partial charge in [-0.3, -0.25) is 0 Å². The highest BCUT2D eigenvalue weighted by Gasteiger charge is 2.58. The quantitative estimate of drug-likeness (QED) is 0.133. The van der Waals surface area contributed by atoms with Gasteiger partial charge in [-0.2, -0.15) is 19.3 Å². The number of halogens is 4. The monoisotopic (exact) mass is 443 g/mol. The number of hydrogen-bond donors (Lipinski definition) is 2. The maximum Gasteiger partial charge on any atom is 0.312 e. The Bertz CT molecular complexity index is 1100. The topological polar surface area (TPSA) is 106 Å². The third-order valence-electron chi connectivity index (χ3n) is 4.17. The van der Waals surface area contributed by atoms with Crippen LogP contribution in [0.4, 0.5) is 17.6 Å². The second-order valence-corrected chi connectivity index (χ2v) is 8.48. The van der Waals surface area contributed by atoms with E-state index in [0.717, 1.165) is 24.3 Å². The van der Waals surface area contributed by atoms with Gasteiger partial charge in [-0.25, -0.2) is 17.7 Å². The van der Waals surface area contributed by atoms with Crippen molar-refractivity contribution < 1.29 is 31.6 Å². The molecule has 1 aliphatic rings. The number of benzene rings is 1. The molecule has 30 heavy (non-hydrogen) atoms. The molecule has 4 unspecified atom stereocenters. The molecule has 0 spiro atoms. The Labute approximate surface area is 170 Å². The summed E-state index contributed by atoms with van der Waals surface area (Å²) < 4.78 is 75.9. The summed E-state index contributed by atoms with van der Waals surface area (Å²) in [7, 11) is -3.66. The molecule has 0 fully saturated rings. The second kappa shape index (κ2) is 8.38. The molecule has 0 saturated carbocycles. The van der Waals surface area contributed by atoms with Crippen molar-refractivity contribution in [3.8, 4) is 18.0 Å². The minimum Gasteiger partial charge on any atom is -0.462 e. The molecule has 6 nitrogen and oxygen atoms in total. The van der Waals surface area contributed by atoms with Gasteiger partial charge in [-0.15, -0.1) is 0 Å². The van der Waals surface area contributed by atoms with E-state index in [1.54, 1.807) is 6.07 Å². The van der Waals surface area contributed by atoms with Crippen LogP contribution in [0.15, 0.2) is 40.5 Å². The van der Waals surface area contributed by atoms with E-state index in [-0.39, 0.29) is 11.3 Å². The smallest absolute Gasteiger partial charge is 0.312 e. The number of nitrogens with zero attached hydrogens (tertiary/aromatic N) is 2. The van der Waals surface area contributed by atoms with Crippen molar-refractivity contribution in [1.82, 2.24) is 4.72 Å². The van der Waals surface area contributed by atoms with E-state index >= 15 is 0 Å². The summed E-state index contributed by atoms with van der Waals surface area (Å²) >= 11 is 0. The van der Waals surface area contributed by atoms with E-state index in [0.29, 0.717) is 0 Å².